The molecule has 1 aliphatic heterocycles. The molecule has 0 radical (unpaired) electrons. The van der Waals surface area contributed by atoms with Crippen LogP contribution in [0.25, 0.3) is 0 Å². The molecule has 0 saturated heterocycles. The van der Waals surface area contributed by atoms with Crippen LogP contribution in [0.15, 0.2) is 11.8 Å². The fraction of sp³-hybridized carbons (Fsp3) is 0.857. The molecule has 0 aromatic rings. The van der Waals surface area contributed by atoms with Gasteiger partial charge in [-0.15, -0.1) is 0 Å². The van der Waals surface area contributed by atoms with Gasteiger partial charge in [0, 0.05) is 6.04 Å². The van der Waals surface area contributed by atoms with Crippen molar-refractivity contribution in [2.24, 2.45) is 0 Å². The minimum absolute atomic E-state index is 0.562. The first-order valence-electron chi connectivity index (χ1n) is 6.92. The van der Waals surface area contributed by atoms with E-state index in [1.54, 1.807) is 0 Å². The van der Waals surface area contributed by atoms with Crippen molar-refractivity contribution in [3.05, 3.63) is 11.8 Å². The molecule has 0 amide bonds. The number of ether oxygens (including phenoxy) is 1. The molecule has 2 nitrogen and oxygen atoms in total. The van der Waals surface area contributed by atoms with E-state index < -0.39 is 0 Å². The average Bonchev–Trinajstić information content (AvgIpc) is 2.35. The van der Waals surface area contributed by atoms with Gasteiger partial charge in [0.2, 0.25) is 0 Å². The molecule has 0 bridgehead atoms. The van der Waals surface area contributed by atoms with Gasteiger partial charge in [0.25, 0.3) is 0 Å². The van der Waals surface area contributed by atoms with Crippen LogP contribution in [0, 0.1) is 0 Å². The first-order valence-corrected chi connectivity index (χ1v) is 6.92. The van der Waals surface area contributed by atoms with Crippen molar-refractivity contribution in [3.8, 4) is 0 Å². The molecule has 16 heavy (non-hydrogen) atoms. The first kappa shape index (κ1) is 13.6. The minimum atomic E-state index is 0.562. The summed E-state index contributed by atoms with van der Waals surface area (Å²) in [4.78, 5) is 0. The zero-order chi connectivity index (χ0) is 11.6. The summed E-state index contributed by atoms with van der Waals surface area (Å²) >= 11 is 0. The lowest BCUT2D eigenvalue weighted by Crippen LogP contribution is -2.32. The number of rotatable bonds is 8. The molecule has 94 valence electrons. The maximum Gasteiger partial charge on any atom is 0.0876 e. The zero-order valence-electron chi connectivity index (χ0n) is 10.9. The van der Waals surface area contributed by atoms with Gasteiger partial charge in [0.1, 0.15) is 0 Å². The van der Waals surface area contributed by atoms with Crippen molar-refractivity contribution < 1.29 is 4.74 Å². The molecule has 1 rings (SSSR count). The van der Waals surface area contributed by atoms with Gasteiger partial charge in [0.05, 0.1) is 12.9 Å². The Kier molecular flexibility index (Phi) is 7.32. The third kappa shape index (κ3) is 5.02. The SMILES string of the molecule is CCCCCC(NCCC)C1=COCCC1. The van der Waals surface area contributed by atoms with Gasteiger partial charge in [-0.05, 0) is 37.8 Å². The van der Waals surface area contributed by atoms with Crippen LogP contribution in [0.3, 0.4) is 0 Å². The molecule has 0 saturated carbocycles. The summed E-state index contributed by atoms with van der Waals surface area (Å²) in [6, 6.07) is 0.562. The van der Waals surface area contributed by atoms with Crippen molar-refractivity contribution in [1.82, 2.24) is 5.32 Å². The summed E-state index contributed by atoms with van der Waals surface area (Å²) < 4.78 is 5.45. The van der Waals surface area contributed by atoms with Crippen molar-refractivity contribution in [1.29, 1.82) is 0 Å². The highest BCUT2D eigenvalue weighted by molar-refractivity contribution is 5.09. The Morgan fingerprint density at radius 3 is 2.81 bits per heavy atom. The van der Waals surface area contributed by atoms with E-state index in [-0.39, 0.29) is 0 Å². The molecular weight excluding hydrogens is 198 g/mol. The average molecular weight is 225 g/mol. The highest BCUT2D eigenvalue weighted by Crippen LogP contribution is 2.19. The lowest BCUT2D eigenvalue weighted by molar-refractivity contribution is 0.218. The molecule has 1 heterocycles. The molecule has 0 spiro atoms. The first-order chi connectivity index (χ1) is 7.88. The van der Waals surface area contributed by atoms with E-state index in [1.165, 1.54) is 50.5 Å². The molecule has 0 aliphatic carbocycles. The van der Waals surface area contributed by atoms with E-state index in [9.17, 15) is 0 Å². The van der Waals surface area contributed by atoms with E-state index in [4.69, 9.17) is 4.74 Å². The van der Waals surface area contributed by atoms with E-state index >= 15 is 0 Å². The lowest BCUT2D eigenvalue weighted by Gasteiger charge is -2.24. The molecule has 2 heteroatoms. The largest absolute Gasteiger partial charge is 0.501 e. The quantitative estimate of drug-likeness (QED) is 0.637. The Morgan fingerprint density at radius 2 is 2.19 bits per heavy atom. The monoisotopic (exact) mass is 225 g/mol. The normalized spacial score (nSPS) is 17.8. The Labute approximate surface area is 100 Å². The van der Waals surface area contributed by atoms with Crippen LogP contribution in [-0.4, -0.2) is 19.2 Å². The number of hydrogen-bond donors (Lipinski definition) is 1. The molecular formula is C14H27NO. The summed E-state index contributed by atoms with van der Waals surface area (Å²) in [6.45, 7) is 6.51. The van der Waals surface area contributed by atoms with Gasteiger partial charge in [-0.3, -0.25) is 0 Å². The van der Waals surface area contributed by atoms with Gasteiger partial charge in [0.15, 0.2) is 0 Å². The Balaban J connectivity index is 2.38. The highest BCUT2D eigenvalue weighted by atomic mass is 16.5. The van der Waals surface area contributed by atoms with Crippen LogP contribution < -0.4 is 5.32 Å². The Bertz CT molecular complexity index is 201. The third-order valence-electron chi connectivity index (χ3n) is 3.15. The minimum Gasteiger partial charge on any atom is -0.501 e. The van der Waals surface area contributed by atoms with Gasteiger partial charge in [-0.2, -0.15) is 0 Å². The maximum absolute atomic E-state index is 5.45. The fourth-order valence-electron chi connectivity index (χ4n) is 2.18. The lowest BCUT2D eigenvalue weighted by atomic mass is 9.97. The van der Waals surface area contributed by atoms with E-state index in [1.807, 2.05) is 6.26 Å². The highest BCUT2D eigenvalue weighted by Gasteiger charge is 2.15. The van der Waals surface area contributed by atoms with Crippen LogP contribution >= 0.6 is 0 Å². The van der Waals surface area contributed by atoms with Crippen molar-refractivity contribution in [3.63, 3.8) is 0 Å². The van der Waals surface area contributed by atoms with Gasteiger partial charge in [-0.1, -0.05) is 33.1 Å². The second kappa shape index (κ2) is 8.63. The van der Waals surface area contributed by atoms with E-state index in [2.05, 4.69) is 19.2 Å². The fourth-order valence-corrected chi connectivity index (χ4v) is 2.18. The van der Waals surface area contributed by atoms with Crippen LogP contribution in [0.1, 0.15) is 58.8 Å². The smallest absolute Gasteiger partial charge is 0.0876 e. The second-order valence-corrected chi connectivity index (χ2v) is 4.67. The van der Waals surface area contributed by atoms with Crippen LogP contribution in [0.2, 0.25) is 0 Å². The molecule has 1 unspecified atom stereocenters. The zero-order valence-corrected chi connectivity index (χ0v) is 10.9. The Morgan fingerprint density at radius 1 is 1.31 bits per heavy atom. The van der Waals surface area contributed by atoms with Crippen LogP contribution in [-0.2, 0) is 4.74 Å². The van der Waals surface area contributed by atoms with Gasteiger partial charge >= 0.3 is 0 Å². The van der Waals surface area contributed by atoms with Crippen LogP contribution in [0.5, 0.6) is 0 Å². The van der Waals surface area contributed by atoms with Crippen molar-refractivity contribution >= 4 is 0 Å². The summed E-state index contributed by atoms with van der Waals surface area (Å²) in [5.41, 5.74) is 1.48. The summed E-state index contributed by atoms with van der Waals surface area (Å²) in [6.07, 6.45) is 10.9. The predicted molar refractivity (Wildman–Crippen MR) is 69.5 cm³/mol. The summed E-state index contributed by atoms with van der Waals surface area (Å²) in [5, 5.41) is 3.65. The Hall–Kier alpha value is -0.500. The maximum atomic E-state index is 5.45. The molecule has 1 atom stereocenters. The van der Waals surface area contributed by atoms with Crippen molar-refractivity contribution in [2.45, 2.75) is 64.8 Å². The van der Waals surface area contributed by atoms with Crippen molar-refractivity contribution in [2.75, 3.05) is 13.2 Å². The molecule has 0 aromatic carbocycles. The number of unbranched alkanes of at least 4 members (excludes halogenated alkanes) is 2. The molecule has 0 aromatic heterocycles. The summed E-state index contributed by atoms with van der Waals surface area (Å²) in [5.74, 6) is 0. The van der Waals surface area contributed by atoms with Gasteiger partial charge < -0.3 is 10.1 Å². The predicted octanol–water partition coefficient (Wildman–Crippen LogP) is 3.63. The molecule has 1 N–H and O–H groups in total. The molecule has 1 aliphatic rings. The van der Waals surface area contributed by atoms with Crippen LogP contribution in [0.4, 0.5) is 0 Å². The standard InChI is InChI=1S/C14H27NO/c1-3-5-6-9-14(15-10-4-2)13-8-7-11-16-12-13/h12,14-15H,3-11H2,1-2H3. The topological polar surface area (TPSA) is 21.3 Å². The third-order valence-corrected chi connectivity index (χ3v) is 3.15. The number of hydrogen-bond acceptors (Lipinski definition) is 2. The molecule has 0 fully saturated rings. The second-order valence-electron chi connectivity index (χ2n) is 4.67. The van der Waals surface area contributed by atoms with Gasteiger partial charge in [-0.25, -0.2) is 0 Å². The summed E-state index contributed by atoms with van der Waals surface area (Å²) in [7, 11) is 0. The number of nitrogens with one attached hydrogen (secondary N) is 1. The van der Waals surface area contributed by atoms with E-state index in [0.29, 0.717) is 6.04 Å². The van der Waals surface area contributed by atoms with E-state index in [0.717, 1.165) is 13.2 Å².